The van der Waals surface area contributed by atoms with Crippen LogP contribution in [0.4, 0.5) is 0 Å². The lowest BCUT2D eigenvalue weighted by atomic mass is 9.93. The van der Waals surface area contributed by atoms with Gasteiger partial charge in [0.05, 0.1) is 6.04 Å². The molecule has 1 unspecified atom stereocenters. The van der Waals surface area contributed by atoms with Gasteiger partial charge in [-0.2, -0.15) is 0 Å². The lowest BCUT2D eigenvalue weighted by molar-refractivity contribution is -0.954. The second kappa shape index (κ2) is 9.95. The maximum atomic E-state index is 12.1. The Kier molecular flexibility index (Phi) is 7.36. The van der Waals surface area contributed by atoms with Crippen LogP contribution in [0.25, 0.3) is 0 Å². The summed E-state index contributed by atoms with van der Waals surface area (Å²) in [7, 11) is 0. The number of hydrogen-bond acceptors (Lipinski definition) is 2. The third-order valence-corrected chi connectivity index (χ3v) is 5.75. The molecule has 3 rings (SSSR count). The summed E-state index contributed by atoms with van der Waals surface area (Å²) < 4.78 is 5.87. The molecule has 2 aromatic rings. The van der Waals surface area contributed by atoms with Gasteiger partial charge in [0.15, 0.2) is 11.5 Å². The fraction of sp³-hybridized carbons (Fsp3) is 0.500. The van der Waals surface area contributed by atoms with E-state index in [2.05, 4.69) is 11.4 Å². The van der Waals surface area contributed by atoms with Crippen LogP contribution in [0.5, 0.6) is 0 Å². The Balaban J connectivity index is 1.72. The van der Waals surface area contributed by atoms with Crippen molar-refractivity contribution in [2.75, 3.05) is 6.54 Å². The number of nitrogens with one attached hydrogen (secondary N) is 2. The van der Waals surface area contributed by atoms with Gasteiger partial charge in [0, 0.05) is 17.1 Å². The highest BCUT2D eigenvalue weighted by Gasteiger charge is 2.27. The minimum absolute atomic E-state index is 0.131. The zero-order valence-corrected chi connectivity index (χ0v) is 16.9. The van der Waals surface area contributed by atoms with Crippen molar-refractivity contribution >= 4 is 17.5 Å². The van der Waals surface area contributed by atoms with Crippen LogP contribution in [-0.2, 0) is 13.1 Å². The van der Waals surface area contributed by atoms with Gasteiger partial charge in [-0.05, 0) is 50.3 Å². The molecule has 1 aliphatic carbocycles. The van der Waals surface area contributed by atoms with Crippen LogP contribution in [0, 0.1) is 0 Å². The Hall–Kier alpha value is -1.78. The highest BCUT2D eigenvalue weighted by atomic mass is 35.5. The molecular weight excluding hydrogens is 360 g/mol. The van der Waals surface area contributed by atoms with Crippen molar-refractivity contribution in [3.05, 3.63) is 58.5 Å². The van der Waals surface area contributed by atoms with Gasteiger partial charge in [0.2, 0.25) is 0 Å². The molecule has 4 nitrogen and oxygen atoms in total. The summed E-state index contributed by atoms with van der Waals surface area (Å²) in [6.45, 7) is 4.36. The number of benzene rings is 1. The molecule has 1 amide bonds. The molecule has 146 valence electrons. The SMILES string of the molecule is CCCNC(=O)c1ccc(C[NH+](Cc2ccccc2Cl)C2CCCCC2)o1. The Morgan fingerprint density at radius 1 is 1.15 bits per heavy atom. The molecule has 1 atom stereocenters. The minimum atomic E-state index is -0.131. The topological polar surface area (TPSA) is 46.7 Å². The van der Waals surface area contributed by atoms with Crippen molar-refractivity contribution in [1.82, 2.24) is 5.32 Å². The van der Waals surface area contributed by atoms with Crippen LogP contribution in [-0.4, -0.2) is 18.5 Å². The first-order valence-electron chi connectivity index (χ1n) is 10.1. The molecule has 0 bridgehead atoms. The third kappa shape index (κ3) is 5.60. The van der Waals surface area contributed by atoms with Crippen LogP contribution >= 0.6 is 11.6 Å². The average Bonchev–Trinajstić information content (AvgIpc) is 3.16. The molecular formula is C22H30ClN2O2+. The molecule has 0 spiro atoms. The molecule has 1 heterocycles. The highest BCUT2D eigenvalue weighted by molar-refractivity contribution is 6.31. The lowest BCUT2D eigenvalue weighted by Crippen LogP contribution is -3.13. The standard InChI is InChI=1S/C22H29ClN2O2/c1-2-14-24-22(26)21-13-12-19(27-21)16-25(18-9-4-3-5-10-18)15-17-8-6-7-11-20(17)23/h6-8,11-13,18H,2-5,9-10,14-16H2,1H3,(H,24,26)/p+1. The molecule has 5 heteroatoms. The van der Waals surface area contributed by atoms with E-state index in [1.165, 1.54) is 42.6 Å². The molecule has 1 fully saturated rings. The van der Waals surface area contributed by atoms with Crippen LogP contribution in [0.3, 0.4) is 0 Å². The van der Waals surface area contributed by atoms with E-state index in [1.807, 2.05) is 31.2 Å². The van der Waals surface area contributed by atoms with Crippen molar-refractivity contribution in [3.8, 4) is 0 Å². The van der Waals surface area contributed by atoms with E-state index in [0.29, 0.717) is 18.3 Å². The predicted octanol–water partition coefficient (Wildman–Crippen LogP) is 3.99. The van der Waals surface area contributed by atoms with E-state index in [1.54, 1.807) is 6.07 Å². The van der Waals surface area contributed by atoms with E-state index < -0.39 is 0 Å². The summed E-state index contributed by atoms with van der Waals surface area (Å²) in [5.74, 6) is 1.14. The molecule has 1 aliphatic rings. The highest BCUT2D eigenvalue weighted by Crippen LogP contribution is 2.18. The summed E-state index contributed by atoms with van der Waals surface area (Å²) in [6.07, 6.45) is 7.31. The van der Waals surface area contributed by atoms with Crippen LogP contribution in [0.15, 0.2) is 40.8 Å². The summed E-state index contributed by atoms with van der Waals surface area (Å²) in [5.41, 5.74) is 1.17. The second-order valence-corrected chi connectivity index (χ2v) is 7.87. The second-order valence-electron chi connectivity index (χ2n) is 7.46. The molecule has 1 saturated carbocycles. The van der Waals surface area contributed by atoms with Crippen LogP contribution < -0.4 is 10.2 Å². The van der Waals surface area contributed by atoms with Gasteiger partial charge < -0.3 is 14.6 Å². The van der Waals surface area contributed by atoms with Crippen molar-refractivity contribution in [1.29, 1.82) is 0 Å². The fourth-order valence-electron chi connectivity index (χ4n) is 3.89. The molecule has 1 aromatic carbocycles. The number of amides is 1. The first-order valence-corrected chi connectivity index (χ1v) is 10.5. The molecule has 2 N–H and O–H groups in total. The number of carbonyl (C=O) groups is 1. The number of rotatable bonds is 8. The van der Waals surface area contributed by atoms with Gasteiger partial charge in [0.25, 0.3) is 5.91 Å². The molecule has 1 aromatic heterocycles. The quantitative estimate of drug-likeness (QED) is 0.717. The third-order valence-electron chi connectivity index (χ3n) is 5.38. The number of furan rings is 1. The number of quaternary nitrogens is 1. The molecule has 0 radical (unpaired) electrons. The zero-order chi connectivity index (χ0) is 19.1. The van der Waals surface area contributed by atoms with Gasteiger partial charge in [-0.1, -0.05) is 43.1 Å². The van der Waals surface area contributed by atoms with Gasteiger partial charge >= 0.3 is 0 Å². The summed E-state index contributed by atoms with van der Waals surface area (Å²) in [5, 5.41) is 3.69. The summed E-state index contributed by atoms with van der Waals surface area (Å²) in [6, 6.07) is 12.4. The molecule has 0 saturated heterocycles. The normalized spacial score (nSPS) is 16.2. The first-order chi connectivity index (χ1) is 13.2. The fourth-order valence-corrected chi connectivity index (χ4v) is 4.10. The van der Waals surface area contributed by atoms with Crippen LogP contribution in [0.2, 0.25) is 5.02 Å². The maximum Gasteiger partial charge on any atom is 0.286 e. The summed E-state index contributed by atoms with van der Waals surface area (Å²) in [4.78, 5) is 13.6. The monoisotopic (exact) mass is 389 g/mol. The van der Waals surface area contributed by atoms with E-state index in [0.717, 1.165) is 30.3 Å². The largest absolute Gasteiger partial charge is 0.450 e. The zero-order valence-electron chi connectivity index (χ0n) is 16.1. The number of halogens is 1. The van der Waals surface area contributed by atoms with E-state index in [4.69, 9.17) is 16.0 Å². The van der Waals surface area contributed by atoms with Crippen LogP contribution in [0.1, 0.15) is 67.3 Å². The number of carbonyl (C=O) groups excluding carboxylic acids is 1. The van der Waals surface area contributed by atoms with Crippen molar-refractivity contribution in [3.63, 3.8) is 0 Å². The van der Waals surface area contributed by atoms with E-state index in [-0.39, 0.29) is 5.91 Å². The van der Waals surface area contributed by atoms with Gasteiger partial charge in [-0.3, -0.25) is 4.79 Å². The molecule has 0 aliphatic heterocycles. The Morgan fingerprint density at radius 2 is 1.93 bits per heavy atom. The van der Waals surface area contributed by atoms with Gasteiger partial charge in [0.1, 0.15) is 13.1 Å². The van der Waals surface area contributed by atoms with E-state index >= 15 is 0 Å². The maximum absolute atomic E-state index is 12.1. The van der Waals surface area contributed by atoms with E-state index in [9.17, 15) is 4.79 Å². The number of hydrogen-bond donors (Lipinski definition) is 2. The Morgan fingerprint density at radius 3 is 2.67 bits per heavy atom. The molecule has 27 heavy (non-hydrogen) atoms. The van der Waals surface area contributed by atoms with Crippen molar-refractivity contribution in [2.24, 2.45) is 0 Å². The minimum Gasteiger partial charge on any atom is -0.450 e. The first kappa shape index (κ1) is 20.0. The Bertz CT molecular complexity index is 737. The van der Waals surface area contributed by atoms with Crippen molar-refractivity contribution < 1.29 is 14.1 Å². The summed E-state index contributed by atoms with van der Waals surface area (Å²) >= 11 is 6.41. The lowest BCUT2D eigenvalue weighted by Gasteiger charge is -2.31. The van der Waals surface area contributed by atoms with Gasteiger partial charge in [-0.15, -0.1) is 0 Å². The van der Waals surface area contributed by atoms with Gasteiger partial charge in [-0.25, -0.2) is 0 Å². The Labute approximate surface area is 166 Å². The smallest absolute Gasteiger partial charge is 0.286 e. The van der Waals surface area contributed by atoms with Crippen molar-refractivity contribution in [2.45, 2.75) is 64.6 Å². The average molecular weight is 390 g/mol. The predicted molar refractivity (Wildman–Crippen MR) is 108 cm³/mol.